The molecule has 2 heterocycles. The average molecular weight is 395 g/mol. The molecule has 0 aliphatic carbocycles. The van der Waals surface area contributed by atoms with Crippen molar-refractivity contribution in [2.45, 2.75) is 10.9 Å². The quantitative estimate of drug-likeness (QED) is 0.471. The first kappa shape index (κ1) is 18.1. The van der Waals surface area contributed by atoms with Gasteiger partial charge >= 0.3 is 0 Å². The molecule has 4 aromatic rings. The number of thioether (sulfide) groups is 1. The minimum atomic E-state index is 0.465. The van der Waals surface area contributed by atoms with Gasteiger partial charge in [-0.1, -0.05) is 16.9 Å². The first-order valence-electron chi connectivity index (χ1n) is 8.42. The molecule has 2 aromatic carbocycles. The van der Waals surface area contributed by atoms with Crippen molar-refractivity contribution in [2.24, 2.45) is 0 Å². The molecule has 0 atom stereocenters. The second kappa shape index (κ2) is 8.13. The first-order chi connectivity index (χ1) is 13.7. The molecule has 0 radical (unpaired) electrons. The van der Waals surface area contributed by atoms with E-state index in [1.54, 1.807) is 14.2 Å². The van der Waals surface area contributed by atoms with Gasteiger partial charge in [0.15, 0.2) is 11.6 Å². The number of hydrogen-bond donors (Lipinski definition) is 1. The number of aromatic amines is 1. The Morgan fingerprint density at radius 3 is 2.18 bits per heavy atom. The lowest BCUT2D eigenvalue weighted by Crippen LogP contribution is -1.86. The summed E-state index contributed by atoms with van der Waals surface area (Å²) in [5.74, 6) is 3.80. The molecular formula is C19H17N5O3S. The summed E-state index contributed by atoms with van der Waals surface area (Å²) in [5.41, 5.74) is 1.77. The minimum Gasteiger partial charge on any atom is -0.497 e. The highest BCUT2D eigenvalue weighted by atomic mass is 32.2. The van der Waals surface area contributed by atoms with Crippen molar-refractivity contribution < 1.29 is 14.0 Å². The molecule has 4 rings (SSSR count). The van der Waals surface area contributed by atoms with E-state index in [0.29, 0.717) is 28.4 Å². The molecule has 2 aromatic heterocycles. The van der Waals surface area contributed by atoms with Gasteiger partial charge in [-0.05, 0) is 48.5 Å². The molecule has 0 bridgehead atoms. The molecule has 0 aliphatic heterocycles. The van der Waals surface area contributed by atoms with Crippen LogP contribution in [-0.4, -0.2) is 39.5 Å². The number of ether oxygens (including phenoxy) is 2. The van der Waals surface area contributed by atoms with Crippen LogP contribution in [0, 0.1) is 0 Å². The average Bonchev–Trinajstić information content (AvgIpc) is 3.42. The van der Waals surface area contributed by atoms with Crippen LogP contribution in [0.25, 0.3) is 22.8 Å². The first-order valence-corrected chi connectivity index (χ1v) is 9.40. The normalized spacial score (nSPS) is 10.8. The highest BCUT2D eigenvalue weighted by Crippen LogP contribution is 2.25. The zero-order chi connectivity index (χ0) is 19.3. The lowest BCUT2D eigenvalue weighted by molar-refractivity contribution is 0.414. The van der Waals surface area contributed by atoms with Crippen LogP contribution in [0.5, 0.6) is 11.5 Å². The number of benzene rings is 2. The van der Waals surface area contributed by atoms with Crippen LogP contribution < -0.4 is 9.47 Å². The summed E-state index contributed by atoms with van der Waals surface area (Å²) in [6, 6.07) is 15.1. The molecule has 0 saturated carbocycles. The van der Waals surface area contributed by atoms with Gasteiger partial charge in [0.25, 0.3) is 5.89 Å². The molecule has 0 amide bonds. The fourth-order valence-corrected chi connectivity index (χ4v) is 3.12. The lowest BCUT2D eigenvalue weighted by Gasteiger charge is -1.99. The standard InChI is InChI=1S/C19H17N5O3S/c1-25-14-7-3-12(4-8-14)17-21-19(23-22-17)28-11-16-20-18(27-24-16)13-5-9-15(26-2)10-6-13/h3-10H,11H2,1-2H3,(H,21,22,23). The maximum atomic E-state index is 5.33. The van der Waals surface area contributed by atoms with Gasteiger partial charge in [-0.25, -0.2) is 4.98 Å². The summed E-state index contributed by atoms with van der Waals surface area (Å²) in [7, 11) is 3.26. The van der Waals surface area contributed by atoms with Gasteiger partial charge < -0.3 is 14.0 Å². The molecular weight excluding hydrogens is 378 g/mol. The van der Waals surface area contributed by atoms with E-state index in [0.717, 1.165) is 22.6 Å². The molecule has 9 heteroatoms. The van der Waals surface area contributed by atoms with E-state index in [1.165, 1.54) is 11.8 Å². The second-order valence-corrected chi connectivity index (χ2v) is 6.67. The van der Waals surface area contributed by atoms with Gasteiger partial charge in [0.2, 0.25) is 5.16 Å². The molecule has 8 nitrogen and oxygen atoms in total. The Labute approximate surface area is 165 Å². The lowest BCUT2D eigenvalue weighted by atomic mass is 10.2. The van der Waals surface area contributed by atoms with E-state index in [9.17, 15) is 0 Å². The molecule has 0 aliphatic rings. The van der Waals surface area contributed by atoms with E-state index >= 15 is 0 Å². The van der Waals surface area contributed by atoms with E-state index in [1.807, 2.05) is 48.5 Å². The van der Waals surface area contributed by atoms with E-state index in [-0.39, 0.29) is 0 Å². The van der Waals surface area contributed by atoms with Crippen molar-refractivity contribution >= 4 is 11.8 Å². The Bertz CT molecular complexity index is 958. The fourth-order valence-electron chi connectivity index (χ4n) is 2.48. The zero-order valence-corrected chi connectivity index (χ0v) is 16.1. The highest BCUT2D eigenvalue weighted by molar-refractivity contribution is 7.98. The van der Waals surface area contributed by atoms with Crippen LogP contribution in [0.15, 0.2) is 58.2 Å². The van der Waals surface area contributed by atoms with Gasteiger partial charge in [-0.2, -0.15) is 4.98 Å². The van der Waals surface area contributed by atoms with Crippen LogP contribution in [0.3, 0.4) is 0 Å². The van der Waals surface area contributed by atoms with Gasteiger partial charge in [-0.3, -0.25) is 5.10 Å². The van der Waals surface area contributed by atoms with Crippen LogP contribution in [0.1, 0.15) is 5.82 Å². The summed E-state index contributed by atoms with van der Waals surface area (Å²) in [6.45, 7) is 0. The molecule has 0 fully saturated rings. The largest absolute Gasteiger partial charge is 0.497 e. The zero-order valence-electron chi connectivity index (χ0n) is 15.2. The van der Waals surface area contributed by atoms with Gasteiger partial charge in [0.1, 0.15) is 11.5 Å². The van der Waals surface area contributed by atoms with Crippen LogP contribution in [-0.2, 0) is 5.75 Å². The van der Waals surface area contributed by atoms with Gasteiger partial charge in [0.05, 0.1) is 20.0 Å². The SMILES string of the molecule is COc1ccc(-c2nc(SCc3noc(-c4ccc(OC)cc4)n3)n[nH]2)cc1. The van der Waals surface area contributed by atoms with Crippen LogP contribution in [0.4, 0.5) is 0 Å². The molecule has 0 saturated heterocycles. The van der Waals surface area contributed by atoms with Crippen molar-refractivity contribution in [3.8, 4) is 34.3 Å². The summed E-state index contributed by atoms with van der Waals surface area (Å²) >= 11 is 1.43. The maximum Gasteiger partial charge on any atom is 0.257 e. The van der Waals surface area contributed by atoms with E-state index in [4.69, 9.17) is 14.0 Å². The Morgan fingerprint density at radius 1 is 0.893 bits per heavy atom. The number of methoxy groups -OCH3 is 2. The van der Waals surface area contributed by atoms with E-state index < -0.39 is 0 Å². The van der Waals surface area contributed by atoms with E-state index in [2.05, 4.69) is 25.3 Å². The predicted molar refractivity (Wildman–Crippen MR) is 104 cm³/mol. The number of rotatable bonds is 7. The van der Waals surface area contributed by atoms with Gasteiger partial charge in [-0.15, -0.1) is 5.10 Å². The number of nitrogens with zero attached hydrogens (tertiary/aromatic N) is 4. The van der Waals surface area contributed by atoms with Crippen molar-refractivity contribution in [1.82, 2.24) is 25.3 Å². The van der Waals surface area contributed by atoms with Crippen molar-refractivity contribution in [3.63, 3.8) is 0 Å². The molecule has 142 valence electrons. The number of hydrogen-bond acceptors (Lipinski definition) is 8. The van der Waals surface area contributed by atoms with Crippen LogP contribution >= 0.6 is 11.8 Å². The summed E-state index contributed by atoms with van der Waals surface area (Å²) < 4.78 is 15.6. The molecule has 1 N–H and O–H groups in total. The third-order valence-electron chi connectivity index (χ3n) is 3.96. The Hall–Kier alpha value is -3.33. The Balaban J connectivity index is 1.39. The third kappa shape index (κ3) is 3.99. The summed E-state index contributed by atoms with van der Waals surface area (Å²) in [5, 5.41) is 11.8. The molecule has 0 unspecified atom stereocenters. The minimum absolute atomic E-state index is 0.465. The number of H-pyrrole nitrogens is 1. The van der Waals surface area contributed by atoms with Crippen molar-refractivity contribution in [2.75, 3.05) is 14.2 Å². The smallest absolute Gasteiger partial charge is 0.257 e. The molecule has 0 spiro atoms. The summed E-state index contributed by atoms with van der Waals surface area (Å²) in [6.07, 6.45) is 0. The number of nitrogens with one attached hydrogen (secondary N) is 1. The second-order valence-electron chi connectivity index (χ2n) is 5.73. The van der Waals surface area contributed by atoms with Crippen molar-refractivity contribution in [1.29, 1.82) is 0 Å². The predicted octanol–water partition coefficient (Wildman–Crippen LogP) is 3.83. The summed E-state index contributed by atoms with van der Waals surface area (Å²) in [4.78, 5) is 8.91. The topological polar surface area (TPSA) is 99.0 Å². The third-order valence-corrected chi connectivity index (χ3v) is 4.81. The monoisotopic (exact) mass is 395 g/mol. The highest BCUT2D eigenvalue weighted by Gasteiger charge is 2.12. The maximum absolute atomic E-state index is 5.33. The van der Waals surface area contributed by atoms with Crippen LogP contribution in [0.2, 0.25) is 0 Å². The van der Waals surface area contributed by atoms with Crippen molar-refractivity contribution in [3.05, 3.63) is 54.4 Å². The fraction of sp³-hybridized carbons (Fsp3) is 0.158. The Kier molecular flexibility index (Phi) is 5.24. The van der Waals surface area contributed by atoms with Gasteiger partial charge in [0, 0.05) is 11.1 Å². The Morgan fingerprint density at radius 2 is 1.54 bits per heavy atom. The number of aromatic nitrogens is 5. The molecule has 28 heavy (non-hydrogen) atoms.